The lowest BCUT2D eigenvalue weighted by atomic mass is 9.93. The third-order valence-corrected chi connectivity index (χ3v) is 6.35. The number of pyridine rings is 1. The molecule has 2 atom stereocenters. The second-order valence-electron chi connectivity index (χ2n) is 8.71. The number of rotatable bonds is 10. The van der Waals surface area contributed by atoms with Gasteiger partial charge in [-0.15, -0.1) is 5.10 Å². The molecule has 0 radical (unpaired) electrons. The maximum atomic E-state index is 12.8. The molecule has 36 heavy (non-hydrogen) atoms. The lowest BCUT2D eigenvalue weighted by molar-refractivity contribution is -0.146. The standard InChI is InChI=1S/C27H28N4O5/c1-17-4-3-5-22-25(17)26(33)31(30-29-22)15-14-21(27(34)35)23(32)12-8-18-6-9-19(10-7-18)20-11-13-24(36-2)28-16-20/h3-7,9-11,13,16,21,23,32H,8,12,14-15H2,1-2H3,(H,34,35)/t21-,23+/m0/s1. The molecule has 9 heteroatoms. The van der Waals surface area contributed by atoms with Crippen molar-refractivity contribution in [1.82, 2.24) is 20.0 Å². The molecule has 0 unspecified atom stereocenters. The highest BCUT2D eigenvalue weighted by atomic mass is 16.5. The molecule has 0 fully saturated rings. The average molecular weight is 489 g/mol. The topological polar surface area (TPSA) is 127 Å². The van der Waals surface area contributed by atoms with Gasteiger partial charge in [0.25, 0.3) is 5.56 Å². The Bertz CT molecular complexity index is 1400. The van der Waals surface area contributed by atoms with Gasteiger partial charge in [0.05, 0.1) is 24.5 Å². The van der Waals surface area contributed by atoms with Crippen molar-refractivity contribution >= 4 is 16.9 Å². The van der Waals surface area contributed by atoms with Crippen LogP contribution in [0.4, 0.5) is 0 Å². The fraction of sp³-hybridized carbons (Fsp3) is 0.296. The monoisotopic (exact) mass is 488 g/mol. The Kier molecular flexibility index (Phi) is 7.70. The molecule has 186 valence electrons. The first-order valence-electron chi connectivity index (χ1n) is 11.7. The number of hydrogen-bond donors (Lipinski definition) is 2. The summed E-state index contributed by atoms with van der Waals surface area (Å²) in [5.74, 6) is -1.59. The Morgan fingerprint density at radius 2 is 1.81 bits per heavy atom. The Hall–Kier alpha value is -4.11. The zero-order valence-electron chi connectivity index (χ0n) is 20.2. The molecule has 0 spiro atoms. The number of hydrogen-bond acceptors (Lipinski definition) is 7. The fourth-order valence-electron chi connectivity index (χ4n) is 4.23. The Morgan fingerprint density at radius 3 is 2.47 bits per heavy atom. The number of methoxy groups -OCH3 is 1. The maximum Gasteiger partial charge on any atom is 0.309 e. The van der Waals surface area contributed by atoms with E-state index in [0.29, 0.717) is 23.2 Å². The van der Waals surface area contributed by atoms with Crippen LogP contribution in [0, 0.1) is 12.8 Å². The lowest BCUT2D eigenvalue weighted by Gasteiger charge is -2.19. The van der Waals surface area contributed by atoms with E-state index >= 15 is 0 Å². The molecule has 4 rings (SSSR count). The number of ether oxygens (including phenoxy) is 1. The summed E-state index contributed by atoms with van der Waals surface area (Å²) < 4.78 is 6.26. The highest BCUT2D eigenvalue weighted by molar-refractivity contribution is 5.80. The maximum absolute atomic E-state index is 12.8. The van der Waals surface area contributed by atoms with Gasteiger partial charge >= 0.3 is 5.97 Å². The van der Waals surface area contributed by atoms with Crippen molar-refractivity contribution in [3.63, 3.8) is 0 Å². The van der Waals surface area contributed by atoms with E-state index < -0.39 is 18.0 Å². The molecule has 9 nitrogen and oxygen atoms in total. The zero-order chi connectivity index (χ0) is 25.7. The molecule has 4 aromatic rings. The van der Waals surface area contributed by atoms with Gasteiger partial charge in [0.2, 0.25) is 5.88 Å². The molecule has 2 heterocycles. The van der Waals surface area contributed by atoms with Crippen LogP contribution >= 0.6 is 0 Å². The van der Waals surface area contributed by atoms with Gasteiger partial charge < -0.3 is 14.9 Å². The highest BCUT2D eigenvalue weighted by Gasteiger charge is 2.26. The number of fused-ring (bicyclic) bond motifs is 1. The van der Waals surface area contributed by atoms with Gasteiger partial charge in [0.15, 0.2) is 0 Å². The van der Waals surface area contributed by atoms with E-state index in [-0.39, 0.29) is 24.9 Å². The summed E-state index contributed by atoms with van der Waals surface area (Å²) in [6.07, 6.45) is 1.52. The Balaban J connectivity index is 1.38. The number of benzene rings is 2. The quantitative estimate of drug-likeness (QED) is 0.348. The van der Waals surface area contributed by atoms with E-state index in [9.17, 15) is 19.8 Å². The molecule has 2 aromatic carbocycles. The molecule has 2 N–H and O–H groups in total. The van der Waals surface area contributed by atoms with Crippen molar-refractivity contribution in [2.45, 2.75) is 38.8 Å². The van der Waals surface area contributed by atoms with E-state index in [1.807, 2.05) is 43.3 Å². The highest BCUT2D eigenvalue weighted by Crippen LogP contribution is 2.22. The van der Waals surface area contributed by atoms with Crippen LogP contribution in [0.1, 0.15) is 24.0 Å². The van der Waals surface area contributed by atoms with Crippen LogP contribution in [-0.4, -0.2) is 49.4 Å². The summed E-state index contributed by atoms with van der Waals surface area (Å²) in [6, 6.07) is 16.9. The van der Waals surface area contributed by atoms with Crippen LogP contribution < -0.4 is 10.3 Å². The summed E-state index contributed by atoms with van der Waals surface area (Å²) in [7, 11) is 1.57. The number of carboxylic acids is 1. The number of carbonyl (C=O) groups is 1. The van der Waals surface area contributed by atoms with Gasteiger partial charge in [0, 0.05) is 24.4 Å². The molecular weight excluding hydrogens is 460 g/mol. The van der Waals surface area contributed by atoms with Crippen LogP contribution in [0.15, 0.2) is 65.6 Å². The molecule has 0 aliphatic carbocycles. The Morgan fingerprint density at radius 1 is 1.06 bits per heavy atom. The number of aliphatic hydroxyl groups is 1. The average Bonchev–Trinajstić information content (AvgIpc) is 2.89. The molecule has 2 aromatic heterocycles. The number of aliphatic carboxylic acids is 1. The second-order valence-corrected chi connectivity index (χ2v) is 8.71. The van der Waals surface area contributed by atoms with Gasteiger partial charge in [-0.1, -0.05) is 41.6 Å². The predicted molar refractivity (Wildman–Crippen MR) is 135 cm³/mol. The minimum atomic E-state index is -1.11. The van der Waals surface area contributed by atoms with Crippen LogP contribution in [0.5, 0.6) is 5.88 Å². The SMILES string of the molecule is COc1ccc(-c2ccc(CC[C@@H](O)[C@H](CCn3nnc4cccc(C)c4c3=O)C(=O)O)cc2)cn1. The second kappa shape index (κ2) is 11.1. The molecule has 0 amide bonds. The largest absolute Gasteiger partial charge is 0.481 e. The van der Waals surface area contributed by atoms with E-state index in [1.165, 1.54) is 4.68 Å². The van der Waals surface area contributed by atoms with Gasteiger partial charge in [-0.25, -0.2) is 9.67 Å². The van der Waals surface area contributed by atoms with Crippen LogP contribution in [-0.2, 0) is 17.8 Å². The van der Waals surface area contributed by atoms with E-state index in [1.54, 1.807) is 31.5 Å². The summed E-state index contributed by atoms with van der Waals surface area (Å²) in [6.45, 7) is 1.87. The molecule has 0 aliphatic heterocycles. The van der Waals surface area contributed by atoms with Crippen LogP contribution in [0.3, 0.4) is 0 Å². The number of carboxylic acid groups (broad SMARTS) is 1. The molecule has 0 saturated carbocycles. The zero-order valence-corrected chi connectivity index (χ0v) is 20.2. The number of aromatic nitrogens is 4. The number of aryl methyl sites for hydroxylation is 3. The van der Waals surface area contributed by atoms with Gasteiger partial charge in [-0.3, -0.25) is 9.59 Å². The van der Waals surface area contributed by atoms with Crippen LogP contribution in [0.25, 0.3) is 22.0 Å². The van der Waals surface area contributed by atoms with Crippen molar-refractivity contribution in [3.05, 3.63) is 82.3 Å². The summed E-state index contributed by atoms with van der Waals surface area (Å²) >= 11 is 0. The predicted octanol–water partition coefficient (Wildman–Crippen LogP) is 3.26. The van der Waals surface area contributed by atoms with E-state index in [4.69, 9.17) is 4.74 Å². The minimum Gasteiger partial charge on any atom is -0.481 e. The Labute approximate surface area is 208 Å². The minimum absolute atomic E-state index is 0.0503. The summed E-state index contributed by atoms with van der Waals surface area (Å²) in [5, 5.41) is 28.9. The van der Waals surface area contributed by atoms with Crippen LogP contribution in [0.2, 0.25) is 0 Å². The van der Waals surface area contributed by atoms with Gasteiger partial charge in [0.1, 0.15) is 5.52 Å². The van der Waals surface area contributed by atoms with Gasteiger partial charge in [-0.05, 0) is 55.0 Å². The van der Waals surface area contributed by atoms with E-state index in [0.717, 1.165) is 22.3 Å². The third kappa shape index (κ3) is 5.58. The normalized spacial score (nSPS) is 12.9. The lowest BCUT2D eigenvalue weighted by Crippen LogP contribution is -2.32. The van der Waals surface area contributed by atoms with Crippen molar-refractivity contribution in [1.29, 1.82) is 0 Å². The van der Waals surface area contributed by atoms with Crippen molar-refractivity contribution < 1.29 is 19.7 Å². The van der Waals surface area contributed by atoms with Crippen molar-refractivity contribution in [2.24, 2.45) is 5.92 Å². The van der Waals surface area contributed by atoms with Crippen molar-refractivity contribution in [2.75, 3.05) is 7.11 Å². The number of aliphatic hydroxyl groups excluding tert-OH is 1. The number of nitrogens with zero attached hydrogens (tertiary/aromatic N) is 4. The van der Waals surface area contributed by atoms with E-state index in [2.05, 4.69) is 15.3 Å². The smallest absolute Gasteiger partial charge is 0.309 e. The molecule has 0 aliphatic rings. The fourth-order valence-corrected chi connectivity index (χ4v) is 4.23. The molecular formula is C27H28N4O5. The molecule has 0 bridgehead atoms. The first-order valence-corrected chi connectivity index (χ1v) is 11.7. The summed E-state index contributed by atoms with van der Waals surface area (Å²) in [5.41, 5.74) is 3.90. The third-order valence-electron chi connectivity index (χ3n) is 6.35. The molecule has 0 saturated heterocycles. The summed E-state index contributed by atoms with van der Waals surface area (Å²) in [4.78, 5) is 28.9. The van der Waals surface area contributed by atoms with Crippen molar-refractivity contribution in [3.8, 4) is 17.0 Å². The first-order chi connectivity index (χ1) is 17.4. The van der Waals surface area contributed by atoms with Gasteiger partial charge in [-0.2, -0.15) is 0 Å². The first kappa shape index (κ1) is 25.0.